The normalized spacial score (nSPS) is 35.7. The van der Waals surface area contributed by atoms with Gasteiger partial charge in [-0.3, -0.25) is 0 Å². The van der Waals surface area contributed by atoms with Gasteiger partial charge in [0, 0.05) is 12.1 Å². The monoisotopic (exact) mass is 279 g/mol. The quantitative estimate of drug-likeness (QED) is 0.731. The minimum atomic E-state index is 0.798. The molecule has 116 valence electrons. The number of hydrogen-bond acceptors (Lipinski definition) is 3. The summed E-state index contributed by atoms with van der Waals surface area (Å²) in [5.41, 5.74) is 0. The topological polar surface area (TPSA) is 27.3 Å². The van der Waals surface area contributed by atoms with Crippen LogP contribution in [0.3, 0.4) is 0 Å². The van der Waals surface area contributed by atoms with Crippen molar-refractivity contribution in [3.63, 3.8) is 0 Å². The fourth-order valence-corrected chi connectivity index (χ4v) is 4.57. The van der Waals surface area contributed by atoms with E-state index in [0.29, 0.717) is 0 Å². The zero-order valence-corrected chi connectivity index (χ0v) is 13.1. The molecule has 1 saturated carbocycles. The third-order valence-electron chi connectivity index (χ3n) is 5.69. The lowest BCUT2D eigenvalue weighted by Crippen LogP contribution is -2.43. The molecule has 20 heavy (non-hydrogen) atoms. The van der Waals surface area contributed by atoms with Crippen molar-refractivity contribution < 1.29 is 0 Å². The van der Waals surface area contributed by atoms with E-state index in [0.717, 1.165) is 18.0 Å². The van der Waals surface area contributed by atoms with Gasteiger partial charge in [0.05, 0.1) is 0 Å². The molecule has 3 unspecified atom stereocenters. The van der Waals surface area contributed by atoms with Gasteiger partial charge < -0.3 is 15.5 Å². The number of nitrogens with zero attached hydrogens (tertiary/aromatic N) is 1. The average molecular weight is 279 g/mol. The summed E-state index contributed by atoms with van der Waals surface area (Å²) in [5, 5.41) is 7.60. The average Bonchev–Trinajstić information content (AvgIpc) is 3.15. The van der Waals surface area contributed by atoms with Crippen molar-refractivity contribution in [2.45, 2.75) is 69.9 Å². The molecule has 0 bridgehead atoms. The lowest BCUT2D eigenvalue weighted by Gasteiger charge is -2.28. The highest BCUT2D eigenvalue weighted by Crippen LogP contribution is 2.31. The second-order valence-corrected chi connectivity index (χ2v) is 7.11. The Morgan fingerprint density at radius 1 is 0.950 bits per heavy atom. The van der Waals surface area contributed by atoms with E-state index < -0.39 is 0 Å². The van der Waals surface area contributed by atoms with Crippen molar-refractivity contribution >= 4 is 0 Å². The van der Waals surface area contributed by atoms with Crippen molar-refractivity contribution in [3.05, 3.63) is 0 Å². The Kier molecular flexibility index (Phi) is 5.75. The SMILES string of the molecule is C1CCN(CCCNC2CCCC2C2CCCN2)CC1. The number of likely N-dealkylation sites (tertiary alicyclic amines) is 1. The summed E-state index contributed by atoms with van der Waals surface area (Å²) in [7, 11) is 0. The van der Waals surface area contributed by atoms with Gasteiger partial charge in [-0.05, 0) is 83.6 Å². The Morgan fingerprint density at radius 3 is 2.65 bits per heavy atom. The molecule has 1 aliphatic carbocycles. The highest BCUT2D eigenvalue weighted by Gasteiger charge is 2.34. The first-order valence-corrected chi connectivity index (χ1v) is 9.12. The van der Waals surface area contributed by atoms with E-state index in [-0.39, 0.29) is 0 Å². The smallest absolute Gasteiger partial charge is 0.0111 e. The molecule has 3 heteroatoms. The van der Waals surface area contributed by atoms with Crippen molar-refractivity contribution in [2.24, 2.45) is 5.92 Å². The molecular formula is C17H33N3. The predicted octanol–water partition coefficient (Wildman–Crippen LogP) is 2.37. The molecule has 0 radical (unpaired) electrons. The molecule has 0 aromatic rings. The highest BCUT2D eigenvalue weighted by atomic mass is 15.1. The fourth-order valence-electron chi connectivity index (χ4n) is 4.57. The van der Waals surface area contributed by atoms with Crippen LogP contribution in [0.25, 0.3) is 0 Å². The maximum atomic E-state index is 3.88. The first-order valence-electron chi connectivity index (χ1n) is 9.12. The summed E-state index contributed by atoms with van der Waals surface area (Å²) in [5.74, 6) is 0.910. The first-order chi connectivity index (χ1) is 9.93. The Balaban J connectivity index is 1.32. The molecule has 2 saturated heterocycles. The molecule has 2 N–H and O–H groups in total. The van der Waals surface area contributed by atoms with Crippen molar-refractivity contribution in [2.75, 3.05) is 32.7 Å². The molecule has 2 heterocycles. The second-order valence-electron chi connectivity index (χ2n) is 7.11. The Morgan fingerprint density at radius 2 is 1.85 bits per heavy atom. The largest absolute Gasteiger partial charge is 0.314 e. The van der Waals surface area contributed by atoms with Gasteiger partial charge in [-0.1, -0.05) is 12.8 Å². The number of rotatable bonds is 6. The second kappa shape index (κ2) is 7.77. The molecule has 0 spiro atoms. The first kappa shape index (κ1) is 14.8. The lowest BCUT2D eigenvalue weighted by molar-refractivity contribution is 0.222. The van der Waals surface area contributed by atoms with Crippen molar-refractivity contribution in [1.82, 2.24) is 15.5 Å². The molecular weight excluding hydrogens is 246 g/mol. The van der Waals surface area contributed by atoms with E-state index in [9.17, 15) is 0 Å². The molecule has 2 aliphatic heterocycles. The molecule has 3 fully saturated rings. The third kappa shape index (κ3) is 3.96. The fraction of sp³-hybridized carbons (Fsp3) is 1.00. The third-order valence-corrected chi connectivity index (χ3v) is 5.69. The number of piperidine rings is 1. The summed E-state index contributed by atoms with van der Waals surface area (Å²) in [6.07, 6.45) is 12.7. The van der Waals surface area contributed by atoms with Crippen molar-refractivity contribution in [3.8, 4) is 0 Å². The van der Waals surface area contributed by atoms with Gasteiger partial charge in [-0.2, -0.15) is 0 Å². The van der Waals surface area contributed by atoms with Gasteiger partial charge in [0.1, 0.15) is 0 Å². The Labute approximate surface area is 124 Å². The van der Waals surface area contributed by atoms with Crippen LogP contribution in [0.5, 0.6) is 0 Å². The van der Waals surface area contributed by atoms with Crippen LogP contribution in [0, 0.1) is 5.92 Å². The summed E-state index contributed by atoms with van der Waals surface area (Å²) in [4.78, 5) is 2.66. The molecule has 0 aromatic carbocycles. The van der Waals surface area contributed by atoms with E-state index in [1.807, 2.05) is 0 Å². The Hall–Kier alpha value is -0.120. The number of hydrogen-bond donors (Lipinski definition) is 2. The van der Waals surface area contributed by atoms with Crippen LogP contribution in [0.4, 0.5) is 0 Å². The summed E-state index contributed by atoms with van der Waals surface area (Å²) >= 11 is 0. The zero-order chi connectivity index (χ0) is 13.6. The van der Waals surface area contributed by atoms with E-state index in [1.165, 1.54) is 90.5 Å². The van der Waals surface area contributed by atoms with E-state index in [4.69, 9.17) is 0 Å². The minimum Gasteiger partial charge on any atom is -0.314 e. The number of nitrogens with one attached hydrogen (secondary N) is 2. The van der Waals surface area contributed by atoms with Gasteiger partial charge in [0.15, 0.2) is 0 Å². The maximum Gasteiger partial charge on any atom is 0.0111 e. The van der Waals surface area contributed by atoms with Crippen LogP contribution in [-0.4, -0.2) is 49.7 Å². The van der Waals surface area contributed by atoms with E-state index >= 15 is 0 Å². The molecule has 3 atom stereocenters. The lowest BCUT2D eigenvalue weighted by atomic mass is 9.93. The van der Waals surface area contributed by atoms with E-state index in [1.54, 1.807) is 0 Å². The van der Waals surface area contributed by atoms with Crippen LogP contribution in [-0.2, 0) is 0 Å². The summed E-state index contributed by atoms with van der Waals surface area (Å²) in [6.45, 7) is 6.48. The highest BCUT2D eigenvalue weighted by molar-refractivity contribution is 4.93. The maximum absolute atomic E-state index is 3.88. The molecule has 3 aliphatic rings. The van der Waals surface area contributed by atoms with Crippen molar-refractivity contribution in [1.29, 1.82) is 0 Å². The van der Waals surface area contributed by atoms with Crippen LogP contribution < -0.4 is 10.6 Å². The van der Waals surface area contributed by atoms with Gasteiger partial charge >= 0.3 is 0 Å². The Bertz CT molecular complexity index is 269. The van der Waals surface area contributed by atoms with Crippen LogP contribution in [0.1, 0.15) is 57.8 Å². The van der Waals surface area contributed by atoms with Crippen LogP contribution in [0.15, 0.2) is 0 Å². The van der Waals surface area contributed by atoms with Crippen LogP contribution in [0.2, 0.25) is 0 Å². The van der Waals surface area contributed by atoms with E-state index in [2.05, 4.69) is 15.5 Å². The van der Waals surface area contributed by atoms with Gasteiger partial charge in [0.25, 0.3) is 0 Å². The zero-order valence-electron chi connectivity index (χ0n) is 13.1. The standard InChI is InChI=1S/C17H33N3/c1-2-12-20(13-3-1)14-6-11-19-16-8-4-7-15(16)17-9-5-10-18-17/h15-19H,1-14H2. The van der Waals surface area contributed by atoms with Gasteiger partial charge in [-0.25, -0.2) is 0 Å². The van der Waals surface area contributed by atoms with Gasteiger partial charge in [-0.15, -0.1) is 0 Å². The molecule has 0 amide bonds. The predicted molar refractivity (Wildman–Crippen MR) is 85.1 cm³/mol. The molecule has 3 nitrogen and oxygen atoms in total. The molecule has 0 aromatic heterocycles. The summed E-state index contributed by atoms with van der Waals surface area (Å²) < 4.78 is 0. The van der Waals surface area contributed by atoms with Crippen LogP contribution >= 0.6 is 0 Å². The minimum absolute atomic E-state index is 0.798. The van der Waals surface area contributed by atoms with Gasteiger partial charge in [0.2, 0.25) is 0 Å². The molecule has 3 rings (SSSR count). The summed E-state index contributed by atoms with van der Waals surface area (Å²) in [6, 6.07) is 1.61.